The van der Waals surface area contributed by atoms with Crippen molar-refractivity contribution < 1.29 is 19.2 Å². The molecule has 1 saturated carbocycles. The van der Waals surface area contributed by atoms with Gasteiger partial charge in [0.05, 0.1) is 22.3 Å². The van der Waals surface area contributed by atoms with E-state index in [0.29, 0.717) is 22.2 Å². The Morgan fingerprint density at radius 2 is 2.07 bits per heavy atom. The monoisotopic (exact) mass is 413 g/mol. The van der Waals surface area contributed by atoms with E-state index in [1.54, 1.807) is 18.2 Å². The average Bonchev–Trinajstić information content (AvgIpc) is 3.34. The number of nitrogens with zero attached hydrogens (tertiary/aromatic N) is 2. The Morgan fingerprint density at radius 1 is 1.30 bits per heavy atom. The normalized spacial score (nSPS) is 20.8. The summed E-state index contributed by atoms with van der Waals surface area (Å²) >= 11 is 11.9. The number of oxime groups is 1. The summed E-state index contributed by atoms with van der Waals surface area (Å²) in [6.45, 7) is 0.377. The van der Waals surface area contributed by atoms with Crippen LogP contribution >= 0.6 is 23.2 Å². The molecule has 0 radical (unpaired) electrons. The summed E-state index contributed by atoms with van der Waals surface area (Å²) in [5, 5.41) is 7.97. The molecule has 1 heterocycles. The van der Waals surface area contributed by atoms with Gasteiger partial charge in [0.2, 0.25) is 11.8 Å². The minimum absolute atomic E-state index is 0.0788. The summed E-state index contributed by atoms with van der Waals surface area (Å²) in [6, 6.07) is 4.83. The summed E-state index contributed by atoms with van der Waals surface area (Å²) in [5.41, 5.74) is 1.46. The molecular weight excluding hydrogens is 393 g/mol. The molecule has 0 aromatic heterocycles. The molecule has 1 aromatic rings. The van der Waals surface area contributed by atoms with E-state index in [-0.39, 0.29) is 37.6 Å². The second kappa shape index (κ2) is 8.91. The van der Waals surface area contributed by atoms with Gasteiger partial charge in [0.25, 0.3) is 0 Å². The fourth-order valence-electron chi connectivity index (χ4n) is 2.83. The molecule has 1 atom stereocenters. The van der Waals surface area contributed by atoms with Gasteiger partial charge < -0.3 is 19.8 Å². The number of amides is 2. The number of carbonyl (C=O) groups excluding carboxylic acids is 2. The van der Waals surface area contributed by atoms with Crippen LogP contribution in [0.2, 0.25) is 10.0 Å². The molecule has 9 heteroatoms. The summed E-state index contributed by atoms with van der Waals surface area (Å²) in [4.78, 5) is 31.6. The van der Waals surface area contributed by atoms with E-state index in [4.69, 9.17) is 32.8 Å². The first-order valence-corrected chi connectivity index (χ1v) is 9.44. The molecular formula is C18H21Cl2N3O4. The highest BCUT2D eigenvalue weighted by Crippen LogP contribution is 2.24. The van der Waals surface area contributed by atoms with Crippen LogP contribution in [0.5, 0.6) is 0 Å². The summed E-state index contributed by atoms with van der Waals surface area (Å²) in [6.07, 6.45) is 2.31. The van der Waals surface area contributed by atoms with Gasteiger partial charge in [-0.2, -0.15) is 0 Å². The third kappa shape index (κ3) is 5.34. The number of hydrogen-bond acceptors (Lipinski definition) is 5. The number of halogens is 2. The van der Waals surface area contributed by atoms with Crippen molar-refractivity contribution in [1.29, 1.82) is 0 Å². The molecule has 7 nitrogen and oxygen atoms in total. The predicted molar refractivity (Wildman–Crippen MR) is 102 cm³/mol. The van der Waals surface area contributed by atoms with Crippen LogP contribution in [0.1, 0.15) is 24.8 Å². The number of benzene rings is 1. The Balaban J connectivity index is 1.62. The minimum atomic E-state index is -0.583. The third-order valence-corrected chi connectivity index (χ3v) is 5.12. The topological polar surface area (TPSA) is 80.2 Å². The summed E-state index contributed by atoms with van der Waals surface area (Å²) in [5.74, 6) is -0.403. The van der Waals surface area contributed by atoms with Gasteiger partial charge >= 0.3 is 0 Å². The van der Waals surface area contributed by atoms with Crippen molar-refractivity contribution in [2.75, 3.05) is 20.3 Å². The first-order chi connectivity index (χ1) is 13.0. The highest BCUT2D eigenvalue weighted by molar-refractivity contribution is 6.42. The molecule has 1 aromatic carbocycles. The molecule has 0 bridgehead atoms. The summed E-state index contributed by atoms with van der Waals surface area (Å²) in [7, 11) is 1.45. The lowest BCUT2D eigenvalue weighted by molar-refractivity contribution is -0.141. The van der Waals surface area contributed by atoms with E-state index in [1.807, 2.05) is 0 Å². The van der Waals surface area contributed by atoms with Gasteiger partial charge in [0.15, 0.2) is 0 Å². The SMILES string of the molecule is COCC(=O)N1C/C(=N\OCc2ccc(Cl)c(Cl)c2)C[C@H]1C(=O)NC1CC1. The molecule has 1 aliphatic heterocycles. The van der Waals surface area contributed by atoms with E-state index in [1.165, 1.54) is 12.0 Å². The number of hydrogen-bond donors (Lipinski definition) is 1. The van der Waals surface area contributed by atoms with Crippen LogP contribution in [-0.4, -0.2) is 54.8 Å². The lowest BCUT2D eigenvalue weighted by atomic mass is 10.2. The molecule has 2 aliphatic rings. The van der Waals surface area contributed by atoms with Gasteiger partial charge in [-0.15, -0.1) is 0 Å². The number of rotatable bonds is 7. The van der Waals surface area contributed by atoms with Crippen molar-refractivity contribution in [2.24, 2.45) is 5.16 Å². The smallest absolute Gasteiger partial charge is 0.249 e. The van der Waals surface area contributed by atoms with Crippen molar-refractivity contribution in [3.05, 3.63) is 33.8 Å². The van der Waals surface area contributed by atoms with E-state index < -0.39 is 6.04 Å². The molecule has 146 valence electrons. The predicted octanol–water partition coefficient (Wildman–Crippen LogP) is 2.39. The van der Waals surface area contributed by atoms with Crippen molar-refractivity contribution in [2.45, 2.75) is 38.0 Å². The Hall–Kier alpha value is -1.83. The maximum absolute atomic E-state index is 12.5. The van der Waals surface area contributed by atoms with Crippen LogP contribution in [0.15, 0.2) is 23.4 Å². The van der Waals surface area contributed by atoms with Crippen LogP contribution in [0.3, 0.4) is 0 Å². The fraction of sp³-hybridized carbons (Fsp3) is 0.500. The molecule has 3 rings (SSSR count). The first kappa shape index (κ1) is 19.9. The van der Waals surface area contributed by atoms with Crippen LogP contribution in [0.4, 0.5) is 0 Å². The van der Waals surface area contributed by atoms with E-state index in [9.17, 15) is 9.59 Å². The standard InChI is InChI=1S/C18H21Cl2N3O4/c1-26-10-17(24)23-8-13(7-16(23)18(25)21-12-3-4-12)22-27-9-11-2-5-14(19)15(20)6-11/h2,5-6,12,16H,3-4,7-10H2,1H3,(H,21,25)/b22-13-/t16-/m0/s1. The molecule has 2 amide bonds. The van der Waals surface area contributed by atoms with Crippen LogP contribution in [0.25, 0.3) is 0 Å². The quantitative estimate of drug-likeness (QED) is 0.695. The molecule has 27 heavy (non-hydrogen) atoms. The van der Waals surface area contributed by atoms with Gasteiger partial charge in [0.1, 0.15) is 19.3 Å². The zero-order valence-electron chi connectivity index (χ0n) is 14.9. The fourth-order valence-corrected chi connectivity index (χ4v) is 3.15. The van der Waals surface area contributed by atoms with E-state index in [2.05, 4.69) is 10.5 Å². The Bertz CT molecular complexity index is 752. The Labute approximate surface area is 167 Å². The van der Waals surface area contributed by atoms with Crippen molar-refractivity contribution >= 4 is 40.7 Å². The second-order valence-electron chi connectivity index (χ2n) is 6.64. The maximum Gasteiger partial charge on any atom is 0.249 e. The van der Waals surface area contributed by atoms with Crippen molar-refractivity contribution in [3.8, 4) is 0 Å². The van der Waals surface area contributed by atoms with Gasteiger partial charge in [-0.05, 0) is 30.5 Å². The number of methoxy groups -OCH3 is 1. The zero-order valence-corrected chi connectivity index (χ0v) is 16.4. The van der Waals surface area contributed by atoms with Gasteiger partial charge in [0, 0.05) is 19.6 Å². The van der Waals surface area contributed by atoms with Crippen LogP contribution in [0, 0.1) is 0 Å². The molecule has 0 spiro atoms. The van der Waals surface area contributed by atoms with Crippen LogP contribution in [-0.2, 0) is 25.8 Å². The van der Waals surface area contributed by atoms with Gasteiger partial charge in [-0.25, -0.2) is 0 Å². The van der Waals surface area contributed by atoms with Crippen molar-refractivity contribution in [3.63, 3.8) is 0 Å². The third-order valence-electron chi connectivity index (χ3n) is 4.38. The Kier molecular flexibility index (Phi) is 6.57. The number of nitrogens with one attached hydrogen (secondary N) is 1. The van der Waals surface area contributed by atoms with E-state index >= 15 is 0 Å². The highest BCUT2D eigenvalue weighted by atomic mass is 35.5. The summed E-state index contributed by atoms with van der Waals surface area (Å²) < 4.78 is 4.92. The van der Waals surface area contributed by atoms with Gasteiger partial charge in [-0.3, -0.25) is 9.59 Å². The number of likely N-dealkylation sites (tertiary alicyclic amines) is 1. The van der Waals surface area contributed by atoms with Crippen molar-refractivity contribution in [1.82, 2.24) is 10.2 Å². The Morgan fingerprint density at radius 3 is 2.74 bits per heavy atom. The van der Waals surface area contributed by atoms with Crippen LogP contribution < -0.4 is 5.32 Å². The molecule has 1 N–H and O–H groups in total. The number of carbonyl (C=O) groups is 2. The zero-order chi connectivity index (χ0) is 19.4. The molecule has 0 unspecified atom stereocenters. The minimum Gasteiger partial charge on any atom is -0.391 e. The second-order valence-corrected chi connectivity index (χ2v) is 7.45. The van der Waals surface area contributed by atoms with E-state index in [0.717, 1.165) is 18.4 Å². The molecule has 2 fully saturated rings. The molecule has 1 saturated heterocycles. The maximum atomic E-state index is 12.5. The number of ether oxygens (including phenoxy) is 1. The lowest BCUT2D eigenvalue weighted by Gasteiger charge is -2.22. The average molecular weight is 414 g/mol. The highest BCUT2D eigenvalue weighted by Gasteiger charge is 2.39. The van der Waals surface area contributed by atoms with Gasteiger partial charge in [-0.1, -0.05) is 34.4 Å². The lowest BCUT2D eigenvalue weighted by Crippen LogP contribution is -2.47. The molecule has 1 aliphatic carbocycles. The largest absolute Gasteiger partial charge is 0.391 e. The first-order valence-electron chi connectivity index (χ1n) is 8.68.